The number of pyridine rings is 5. The minimum atomic E-state index is 0. The van der Waals surface area contributed by atoms with Crippen molar-refractivity contribution in [1.29, 1.82) is 0 Å². The number of benzene rings is 7. The number of rotatable bonds is 10. The van der Waals surface area contributed by atoms with Gasteiger partial charge in [0.1, 0.15) is 11.3 Å². The summed E-state index contributed by atoms with van der Waals surface area (Å²) in [7, 11) is 0. The van der Waals surface area contributed by atoms with Crippen LogP contribution in [0.2, 0.25) is 0 Å². The Morgan fingerprint density at radius 2 is 0.986 bits per heavy atom. The molecule has 346 valence electrons. The van der Waals surface area contributed by atoms with Gasteiger partial charge >= 0.3 is 20.1 Å². The molecule has 14 rings (SSSR count). The zero-order valence-electron chi connectivity index (χ0n) is 39.4. The minimum Gasteiger partial charge on any atom is -0.314 e. The second-order valence-corrected chi connectivity index (χ2v) is 18.6. The fraction of sp³-hybridized carbons (Fsp3) is 0.0615. The molecule has 0 aliphatic heterocycles. The molecule has 7 aromatic carbocycles. The molecule has 0 aliphatic rings. The van der Waals surface area contributed by atoms with Gasteiger partial charge in [0.05, 0.1) is 0 Å². The van der Waals surface area contributed by atoms with E-state index in [1.54, 1.807) is 0 Å². The predicted molar refractivity (Wildman–Crippen MR) is 291 cm³/mol. The fourth-order valence-corrected chi connectivity index (χ4v) is 10.7. The molecule has 0 N–H and O–H groups in total. The summed E-state index contributed by atoms with van der Waals surface area (Å²) in [6.07, 6.45) is 16.8. The van der Waals surface area contributed by atoms with E-state index in [-0.39, 0.29) is 20.1 Å². The third-order valence-electron chi connectivity index (χ3n) is 14.3. The molecule has 7 nitrogen and oxygen atoms in total. The first-order valence-electron chi connectivity index (χ1n) is 24.4. The van der Waals surface area contributed by atoms with Gasteiger partial charge in [-0.15, -0.1) is 88.1 Å². The molecule has 0 bridgehead atoms. The maximum atomic E-state index is 4.87. The van der Waals surface area contributed by atoms with E-state index in [0.717, 1.165) is 114 Å². The van der Waals surface area contributed by atoms with Crippen LogP contribution in [0.15, 0.2) is 207 Å². The topological polar surface area (TPSA) is 73.3 Å². The molecule has 0 amide bonds. The maximum absolute atomic E-state index is 4.87. The first-order chi connectivity index (χ1) is 35.6. The van der Waals surface area contributed by atoms with Gasteiger partial charge in [-0.3, -0.25) is 0 Å². The van der Waals surface area contributed by atoms with Crippen LogP contribution in [0.5, 0.6) is 0 Å². The normalized spacial score (nSPS) is 11.7. The van der Waals surface area contributed by atoms with E-state index in [1.807, 2.05) is 55.5 Å². The van der Waals surface area contributed by atoms with Gasteiger partial charge in [0.25, 0.3) is 0 Å². The van der Waals surface area contributed by atoms with Gasteiger partial charge in [-0.2, -0.15) is 0 Å². The predicted octanol–water partition coefficient (Wildman–Crippen LogP) is 14.6. The number of aromatic nitrogens is 7. The maximum Gasteiger partial charge on any atom is 3.00 e. The van der Waals surface area contributed by atoms with E-state index in [0.29, 0.717) is 0 Å². The Kier molecular flexibility index (Phi) is 11.2. The number of hydrogen-bond donors (Lipinski definition) is 0. The zero-order valence-corrected chi connectivity index (χ0v) is 41.8. The molecule has 0 fully saturated rings. The SMILES string of the molecule is [Ir+3].[c-]1cc(-c2ccccc2-c2cc(CCc3c[c-]c4c(c3)c3nccn3c3cccnc43)cc(CCc3c[c-]c4c(c3)c3nccn3c3cccnc43)c2)ccc1-c1cc2cc(-c3ccccc3)ccc2cn1. The van der Waals surface area contributed by atoms with Gasteiger partial charge in [-0.25, -0.2) is 9.97 Å². The van der Waals surface area contributed by atoms with Gasteiger partial charge in [0.2, 0.25) is 0 Å². The van der Waals surface area contributed by atoms with Crippen molar-refractivity contribution in [3.63, 3.8) is 0 Å². The van der Waals surface area contributed by atoms with Crippen LogP contribution in [0.3, 0.4) is 0 Å². The Morgan fingerprint density at radius 1 is 0.397 bits per heavy atom. The summed E-state index contributed by atoms with van der Waals surface area (Å²) in [5.41, 5.74) is 19.6. The molecular formula is C65H42IrN7. The summed E-state index contributed by atoms with van der Waals surface area (Å²) < 4.78 is 4.26. The van der Waals surface area contributed by atoms with E-state index < -0.39 is 0 Å². The number of imidazole rings is 2. The fourth-order valence-electron chi connectivity index (χ4n) is 10.7. The number of fused-ring (bicyclic) bond motifs is 13. The molecule has 8 heteroatoms. The van der Waals surface area contributed by atoms with E-state index in [2.05, 4.69) is 179 Å². The van der Waals surface area contributed by atoms with Crippen LogP contribution in [0, 0.1) is 18.2 Å². The number of hydrogen-bond acceptors (Lipinski definition) is 5. The smallest absolute Gasteiger partial charge is 0.314 e. The van der Waals surface area contributed by atoms with Crippen molar-refractivity contribution in [1.82, 2.24) is 33.7 Å². The van der Waals surface area contributed by atoms with Crippen molar-refractivity contribution in [2.45, 2.75) is 25.7 Å². The van der Waals surface area contributed by atoms with Crippen molar-refractivity contribution >= 4 is 65.7 Å². The molecule has 0 aliphatic carbocycles. The van der Waals surface area contributed by atoms with Crippen LogP contribution >= 0.6 is 0 Å². The van der Waals surface area contributed by atoms with Crippen LogP contribution in [0.4, 0.5) is 0 Å². The third kappa shape index (κ3) is 8.02. The van der Waals surface area contributed by atoms with E-state index in [4.69, 9.17) is 24.9 Å². The number of aryl methyl sites for hydroxylation is 4. The van der Waals surface area contributed by atoms with Crippen LogP contribution in [-0.2, 0) is 45.8 Å². The third-order valence-corrected chi connectivity index (χ3v) is 14.3. The zero-order chi connectivity index (χ0) is 47.5. The van der Waals surface area contributed by atoms with Crippen molar-refractivity contribution in [3.8, 4) is 44.6 Å². The number of nitrogens with zero attached hydrogens (tertiary/aromatic N) is 7. The monoisotopic (exact) mass is 1110 g/mol. The Bertz CT molecular complexity index is 4230. The standard InChI is InChI=1S/C65H42N7.Ir/c1-2-8-46(9-3-1)49-24-25-50-41-70-59(40-51(50)39-49)48-22-20-47(21-23-48)53-10-4-5-11-54(53)52-35-44(16-14-42-18-26-55-57(37-42)64-68-30-32-71(64)60-12-6-28-66-62(55)60)34-45(36-52)17-15-43-19-27-56-58(38-43)65-69-31-33-72(65)61-13-7-29-67-63(56)61;/h1-13,18-22,24-25,28-41H,14-17H2;/q-3;+3. The van der Waals surface area contributed by atoms with Crippen LogP contribution in [0.1, 0.15) is 22.3 Å². The molecule has 14 aromatic rings. The van der Waals surface area contributed by atoms with Gasteiger partial charge in [0, 0.05) is 65.4 Å². The van der Waals surface area contributed by atoms with Crippen LogP contribution in [0.25, 0.3) is 110 Å². The average Bonchev–Trinajstić information content (AvgIpc) is 4.17. The molecule has 73 heavy (non-hydrogen) atoms. The summed E-state index contributed by atoms with van der Waals surface area (Å²) in [6.45, 7) is 0. The van der Waals surface area contributed by atoms with Gasteiger partial charge < -0.3 is 23.8 Å². The molecule has 0 radical (unpaired) electrons. The van der Waals surface area contributed by atoms with Crippen molar-refractivity contribution in [2.24, 2.45) is 0 Å². The van der Waals surface area contributed by atoms with Gasteiger partial charge in [-0.05, 0) is 93.0 Å². The summed E-state index contributed by atoms with van der Waals surface area (Å²) in [5.74, 6) is 0. The molecule has 0 saturated carbocycles. The Hall–Kier alpha value is -8.68. The summed E-state index contributed by atoms with van der Waals surface area (Å²) in [4.78, 5) is 24.0. The van der Waals surface area contributed by atoms with E-state index >= 15 is 0 Å². The molecule has 0 atom stereocenters. The minimum absolute atomic E-state index is 0. The first kappa shape index (κ1) is 44.3. The largest absolute Gasteiger partial charge is 3.00 e. The second-order valence-electron chi connectivity index (χ2n) is 18.6. The van der Waals surface area contributed by atoms with Crippen molar-refractivity contribution < 1.29 is 20.1 Å². The summed E-state index contributed by atoms with van der Waals surface area (Å²) >= 11 is 0. The second kappa shape index (κ2) is 18.5. The molecule has 0 unspecified atom stereocenters. The molecule has 7 aromatic heterocycles. The van der Waals surface area contributed by atoms with Crippen LogP contribution < -0.4 is 0 Å². The molecular weight excluding hydrogens is 1070 g/mol. The Morgan fingerprint density at radius 3 is 1.60 bits per heavy atom. The first-order valence-corrected chi connectivity index (χ1v) is 24.4. The summed E-state index contributed by atoms with van der Waals surface area (Å²) in [6, 6.07) is 69.5. The van der Waals surface area contributed by atoms with E-state index in [1.165, 1.54) is 44.5 Å². The van der Waals surface area contributed by atoms with E-state index in [9.17, 15) is 0 Å². The quantitative estimate of drug-likeness (QED) is 0.101. The molecule has 0 saturated heterocycles. The summed E-state index contributed by atoms with van der Waals surface area (Å²) in [5, 5.41) is 6.38. The average molecular weight is 1110 g/mol. The van der Waals surface area contributed by atoms with Crippen LogP contribution in [-0.4, -0.2) is 33.7 Å². The van der Waals surface area contributed by atoms with Crippen molar-refractivity contribution in [2.75, 3.05) is 0 Å². The molecule has 7 heterocycles. The van der Waals surface area contributed by atoms with Gasteiger partial charge in [0.15, 0.2) is 0 Å². The van der Waals surface area contributed by atoms with Gasteiger partial charge in [-0.1, -0.05) is 126 Å². The Balaban J connectivity index is 0.00000516. The van der Waals surface area contributed by atoms with Crippen molar-refractivity contribution in [3.05, 3.63) is 248 Å². The molecule has 0 spiro atoms. The Labute approximate surface area is 434 Å².